The number of aliphatic carboxylic acids is 2. The molecule has 0 radical (unpaired) electrons. The minimum absolute atomic E-state index is 0.147. The number of carbonyl (C=O) groups is 2. The van der Waals surface area contributed by atoms with Crippen LogP contribution in [-0.4, -0.2) is 22.2 Å². The summed E-state index contributed by atoms with van der Waals surface area (Å²) in [5.41, 5.74) is 0.293. The van der Waals surface area contributed by atoms with Gasteiger partial charge in [0, 0.05) is 11.1 Å². The molecule has 0 aromatic heterocycles. The summed E-state index contributed by atoms with van der Waals surface area (Å²) >= 11 is 0. The molecular weight excluding hydrogens is 665 g/mol. The maximum Gasteiger partial charge on any atom is 0.332 e. The molecule has 0 unspecified atom stereocenters. The second-order valence-electron chi connectivity index (χ2n) is 17.2. The normalized spacial score (nSPS) is 12.0. The Balaban J connectivity index is 3.70. The van der Waals surface area contributed by atoms with E-state index in [4.69, 9.17) is 0 Å². The van der Waals surface area contributed by atoms with Gasteiger partial charge in [-0.25, -0.2) is 9.59 Å². The second-order valence-corrected chi connectivity index (χ2v) is 17.2. The minimum atomic E-state index is -1.04. The van der Waals surface area contributed by atoms with E-state index in [0.29, 0.717) is 12.8 Å². The van der Waals surface area contributed by atoms with Crippen LogP contribution in [0.2, 0.25) is 0 Å². The van der Waals surface area contributed by atoms with Crippen molar-refractivity contribution in [2.75, 3.05) is 0 Å². The van der Waals surface area contributed by atoms with Crippen LogP contribution in [0.15, 0.2) is 11.1 Å². The van der Waals surface area contributed by atoms with E-state index in [2.05, 4.69) is 13.8 Å². The monoisotopic (exact) mass is 761 g/mol. The van der Waals surface area contributed by atoms with Gasteiger partial charge in [0.2, 0.25) is 0 Å². The molecule has 0 aliphatic heterocycles. The van der Waals surface area contributed by atoms with Gasteiger partial charge in [-0.2, -0.15) is 0 Å². The van der Waals surface area contributed by atoms with Gasteiger partial charge in [0.15, 0.2) is 0 Å². The Kier molecular flexibility index (Phi) is 43.3. The molecule has 4 nitrogen and oxygen atoms in total. The first-order valence-corrected chi connectivity index (χ1v) is 24.7. The van der Waals surface area contributed by atoms with E-state index in [0.717, 1.165) is 38.5 Å². The summed E-state index contributed by atoms with van der Waals surface area (Å²) in [7, 11) is 0. The van der Waals surface area contributed by atoms with Crippen LogP contribution in [0.1, 0.15) is 296 Å². The smallest absolute Gasteiger partial charge is 0.332 e. The van der Waals surface area contributed by atoms with E-state index < -0.39 is 11.9 Å². The van der Waals surface area contributed by atoms with Crippen molar-refractivity contribution >= 4 is 11.9 Å². The Morgan fingerprint density at radius 1 is 0.241 bits per heavy atom. The molecule has 0 rings (SSSR count). The van der Waals surface area contributed by atoms with Crippen LogP contribution in [0.3, 0.4) is 0 Å². The molecule has 0 aromatic rings. The number of unbranched alkanes of at least 4 members (excludes halogenated alkanes) is 40. The molecule has 0 heterocycles. The van der Waals surface area contributed by atoms with Crippen molar-refractivity contribution in [2.45, 2.75) is 296 Å². The summed E-state index contributed by atoms with van der Waals surface area (Å²) in [6.45, 7) is 4.57. The molecule has 0 amide bonds. The Labute approximate surface area is 338 Å². The first kappa shape index (κ1) is 52.7. The SMILES string of the molecule is CCCCCCCCCCCCCCCCCCCCCCC/C(C(=O)O)=C(/CCCCCCCCCCCCCCCCCCCCCCC)C(=O)O. The molecule has 0 aromatic carbocycles. The summed E-state index contributed by atoms with van der Waals surface area (Å²) < 4.78 is 0. The van der Waals surface area contributed by atoms with Crippen molar-refractivity contribution in [3.8, 4) is 0 Å². The number of hydrogen-bond acceptors (Lipinski definition) is 2. The van der Waals surface area contributed by atoms with Crippen molar-refractivity contribution < 1.29 is 19.8 Å². The number of carboxylic acids is 2. The fraction of sp³-hybridized carbons (Fsp3) is 0.920. The molecule has 2 N–H and O–H groups in total. The summed E-state index contributed by atoms with van der Waals surface area (Å²) in [4.78, 5) is 24.0. The van der Waals surface area contributed by atoms with Crippen molar-refractivity contribution in [3.05, 3.63) is 11.1 Å². The number of hydrogen-bond donors (Lipinski definition) is 2. The summed E-state index contributed by atoms with van der Waals surface area (Å²) in [6.07, 6.45) is 56.3. The van der Waals surface area contributed by atoms with Crippen molar-refractivity contribution in [3.63, 3.8) is 0 Å². The lowest BCUT2D eigenvalue weighted by Crippen LogP contribution is -2.12. The number of rotatable bonds is 46. The first-order chi connectivity index (χ1) is 26.5. The lowest BCUT2D eigenvalue weighted by molar-refractivity contribution is -0.136. The summed E-state index contributed by atoms with van der Waals surface area (Å²) in [5, 5.41) is 19.6. The highest BCUT2D eigenvalue weighted by molar-refractivity contribution is 5.98. The van der Waals surface area contributed by atoms with E-state index in [9.17, 15) is 19.8 Å². The van der Waals surface area contributed by atoms with Gasteiger partial charge in [-0.05, 0) is 25.7 Å². The molecule has 0 bridgehead atoms. The van der Waals surface area contributed by atoms with Gasteiger partial charge in [0.05, 0.1) is 0 Å². The summed E-state index contributed by atoms with van der Waals surface area (Å²) in [5.74, 6) is -2.08. The maximum absolute atomic E-state index is 12.0. The zero-order valence-corrected chi connectivity index (χ0v) is 36.8. The van der Waals surface area contributed by atoms with Gasteiger partial charge in [-0.1, -0.05) is 271 Å². The van der Waals surface area contributed by atoms with Crippen LogP contribution < -0.4 is 0 Å². The fourth-order valence-corrected chi connectivity index (χ4v) is 8.24. The van der Waals surface area contributed by atoms with Crippen molar-refractivity contribution in [1.29, 1.82) is 0 Å². The van der Waals surface area contributed by atoms with Crippen LogP contribution in [0.5, 0.6) is 0 Å². The zero-order chi connectivity index (χ0) is 39.4. The van der Waals surface area contributed by atoms with Gasteiger partial charge in [-0.15, -0.1) is 0 Å². The molecule has 0 saturated carbocycles. The van der Waals surface area contributed by atoms with E-state index in [-0.39, 0.29) is 11.1 Å². The Hall–Kier alpha value is -1.32. The highest BCUT2D eigenvalue weighted by atomic mass is 16.4. The Bertz CT molecular complexity index is 751. The third kappa shape index (κ3) is 38.9. The van der Waals surface area contributed by atoms with E-state index in [1.807, 2.05) is 0 Å². The van der Waals surface area contributed by atoms with Gasteiger partial charge >= 0.3 is 11.9 Å². The van der Waals surface area contributed by atoms with E-state index in [1.54, 1.807) is 0 Å². The zero-order valence-electron chi connectivity index (χ0n) is 36.8. The topological polar surface area (TPSA) is 74.6 Å². The summed E-state index contributed by atoms with van der Waals surface area (Å²) in [6, 6.07) is 0. The molecule has 4 heteroatoms. The highest BCUT2D eigenvalue weighted by Crippen LogP contribution is 2.22. The van der Waals surface area contributed by atoms with Crippen molar-refractivity contribution in [2.24, 2.45) is 0 Å². The molecule has 0 atom stereocenters. The lowest BCUT2D eigenvalue weighted by Gasteiger charge is -2.10. The predicted molar refractivity (Wildman–Crippen MR) is 237 cm³/mol. The van der Waals surface area contributed by atoms with Crippen LogP contribution in [0, 0.1) is 0 Å². The molecule has 0 fully saturated rings. The highest BCUT2D eigenvalue weighted by Gasteiger charge is 2.19. The van der Waals surface area contributed by atoms with E-state index in [1.165, 1.54) is 231 Å². The third-order valence-corrected chi connectivity index (χ3v) is 11.9. The lowest BCUT2D eigenvalue weighted by atomic mass is 9.96. The Morgan fingerprint density at radius 2 is 0.370 bits per heavy atom. The molecule has 0 aliphatic carbocycles. The van der Waals surface area contributed by atoms with Gasteiger partial charge < -0.3 is 10.2 Å². The minimum Gasteiger partial charge on any atom is -0.478 e. The third-order valence-electron chi connectivity index (χ3n) is 11.9. The van der Waals surface area contributed by atoms with Crippen molar-refractivity contribution in [1.82, 2.24) is 0 Å². The predicted octanol–water partition coefficient (Wildman–Crippen LogP) is 17.7. The number of carboxylic acid groups (broad SMARTS) is 2. The molecule has 54 heavy (non-hydrogen) atoms. The fourth-order valence-electron chi connectivity index (χ4n) is 8.24. The largest absolute Gasteiger partial charge is 0.478 e. The molecule has 0 aliphatic rings. The molecule has 0 saturated heterocycles. The van der Waals surface area contributed by atoms with E-state index >= 15 is 0 Å². The van der Waals surface area contributed by atoms with Crippen LogP contribution >= 0.6 is 0 Å². The maximum atomic E-state index is 12.0. The van der Waals surface area contributed by atoms with Gasteiger partial charge in [0.1, 0.15) is 0 Å². The second kappa shape index (κ2) is 44.4. The average Bonchev–Trinajstić information content (AvgIpc) is 3.16. The quantitative estimate of drug-likeness (QED) is 0.0479. The standard InChI is InChI=1S/C50H96O4/c1-3-5-7-9-11-13-15-17-19-21-23-25-27-29-31-33-35-37-39-41-43-45-47(49(51)52)48(50(53)54)46-44-42-40-38-36-34-32-30-28-26-24-22-20-18-16-14-12-10-8-6-4-2/h3-46H2,1-2H3,(H,51,52)(H,53,54)/b48-47+. The van der Waals surface area contributed by atoms with Crippen LogP contribution in [-0.2, 0) is 9.59 Å². The molecule has 0 spiro atoms. The van der Waals surface area contributed by atoms with Gasteiger partial charge in [-0.3, -0.25) is 0 Å². The van der Waals surface area contributed by atoms with Gasteiger partial charge in [0.25, 0.3) is 0 Å². The Morgan fingerprint density at radius 3 is 0.500 bits per heavy atom. The van der Waals surface area contributed by atoms with Crippen LogP contribution in [0.25, 0.3) is 0 Å². The van der Waals surface area contributed by atoms with Crippen LogP contribution in [0.4, 0.5) is 0 Å². The molecular formula is C50H96O4. The molecule has 320 valence electrons. The average molecular weight is 761 g/mol. The first-order valence-electron chi connectivity index (χ1n) is 24.7.